The smallest absolute Gasteiger partial charge is 0.251 e. The molecular weight excluding hydrogens is 388 g/mol. The SMILES string of the molecule is Cc1ccc(C(=O)NCCc2nc3ccccc3n2CC(=O)N2CCCCCC2)cc1. The van der Waals surface area contributed by atoms with Crippen LogP contribution in [0.15, 0.2) is 48.5 Å². The molecular formula is C25H30N4O2. The molecule has 0 atom stereocenters. The predicted molar refractivity (Wildman–Crippen MR) is 122 cm³/mol. The third-order valence-electron chi connectivity index (χ3n) is 5.93. The number of amides is 2. The molecule has 1 aliphatic rings. The van der Waals surface area contributed by atoms with Gasteiger partial charge >= 0.3 is 0 Å². The summed E-state index contributed by atoms with van der Waals surface area (Å²) in [7, 11) is 0. The van der Waals surface area contributed by atoms with Crippen molar-refractivity contribution in [3.8, 4) is 0 Å². The van der Waals surface area contributed by atoms with Gasteiger partial charge in [0.05, 0.1) is 11.0 Å². The van der Waals surface area contributed by atoms with Crippen molar-refractivity contribution in [1.82, 2.24) is 19.8 Å². The summed E-state index contributed by atoms with van der Waals surface area (Å²) in [5.41, 5.74) is 3.62. The molecule has 1 saturated heterocycles. The molecule has 1 aromatic heterocycles. The van der Waals surface area contributed by atoms with Crippen LogP contribution in [-0.2, 0) is 17.8 Å². The molecule has 2 amide bonds. The highest BCUT2D eigenvalue weighted by Gasteiger charge is 2.19. The minimum atomic E-state index is -0.0942. The van der Waals surface area contributed by atoms with Crippen molar-refractivity contribution in [2.24, 2.45) is 0 Å². The average molecular weight is 419 g/mol. The molecule has 31 heavy (non-hydrogen) atoms. The van der Waals surface area contributed by atoms with Crippen molar-refractivity contribution in [1.29, 1.82) is 0 Å². The summed E-state index contributed by atoms with van der Waals surface area (Å²) in [4.78, 5) is 32.2. The molecule has 1 N–H and O–H groups in total. The molecule has 0 spiro atoms. The molecule has 0 unspecified atom stereocenters. The van der Waals surface area contributed by atoms with Gasteiger partial charge in [-0.05, 0) is 44.0 Å². The highest BCUT2D eigenvalue weighted by atomic mass is 16.2. The second-order valence-corrected chi connectivity index (χ2v) is 8.27. The van der Waals surface area contributed by atoms with Crippen LogP contribution in [-0.4, -0.2) is 45.9 Å². The topological polar surface area (TPSA) is 67.2 Å². The first-order chi connectivity index (χ1) is 15.1. The average Bonchev–Trinajstić information content (AvgIpc) is 2.94. The van der Waals surface area contributed by atoms with E-state index in [1.54, 1.807) is 0 Å². The number of fused-ring (bicyclic) bond motifs is 1. The van der Waals surface area contributed by atoms with E-state index in [0.717, 1.165) is 48.4 Å². The lowest BCUT2D eigenvalue weighted by molar-refractivity contribution is -0.131. The number of hydrogen-bond acceptors (Lipinski definition) is 3. The van der Waals surface area contributed by atoms with Gasteiger partial charge in [0.2, 0.25) is 5.91 Å². The summed E-state index contributed by atoms with van der Waals surface area (Å²) < 4.78 is 2.01. The van der Waals surface area contributed by atoms with E-state index >= 15 is 0 Å². The Hall–Kier alpha value is -3.15. The minimum Gasteiger partial charge on any atom is -0.352 e. The number of carbonyl (C=O) groups is 2. The summed E-state index contributed by atoms with van der Waals surface area (Å²) in [5.74, 6) is 0.881. The highest BCUT2D eigenvalue weighted by Crippen LogP contribution is 2.18. The van der Waals surface area contributed by atoms with E-state index < -0.39 is 0 Å². The molecule has 4 rings (SSSR count). The number of rotatable bonds is 6. The number of para-hydroxylation sites is 2. The van der Waals surface area contributed by atoms with Gasteiger partial charge in [-0.3, -0.25) is 9.59 Å². The van der Waals surface area contributed by atoms with E-state index in [1.165, 1.54) is 12.8 Å². The molecule has 1 aliphatic heterocycles. The Morgan fingerprint density at radius 1 is 0.968 bits per heavy atom. The van der Waals surface area contributed by atoms with Gasteiger partial charge in [0.15, 0.2) is 0 Å². The maximum atomic E-state index is 13.0. The zero-order chi connectivity index (χ0) is 21.6. The summed E-state index contributed by atoms with van der Waals surface area (Å²) in [6.07, 6.45) is 5.12. The van der Waals surface area contributed by atoms with Crippen LogP contribution in [0, 0.1) is 6.92 Å². The molecule has 162 valence electrons. The summed E-state index contributed by atoms with van der Waals surface area (Å²) in [6.45, 7) is 4.44. The lowest BCUT2D eigenvalue weighted by Gasteiger charge is -2.21. The Kier molecular flexibility index (Phi) is 6.65. The second-order valence-electron chi connectivity index (χ2n) is 8.27. The van der Waals surface area contributed by atoms with Crippen molar-refractivity contribution < 1.29 is 9.59 Å². The number of hydrogen-bond donors (Lipinski definition) is 1. The van der Waals surface area contributed by atoms with Crippen molar-refractivity contribution in [2.75, 3.05) is 19.6 Å². The number of aryl methyl sites for hydroxylation is 1. The third kappa shape index (κ3) is 5.13. The molecule has 6 nitrogen and oxygen atoms in total. The minimum absolute atomic E-state index is 0.0942. The van der Waals surface area contributed by atoms with E-state index in [9.17, 15) is 9.59 Å². The second kappa shape index (κ2) is 9.77. The van der Waals surface area contributed by atoms with Gasteiger partial charge in [-0.1, -0.05) is 42.7 Å². The quantitative estimate of drug-likeness (QED) is 0.663. The lowest BCUT2D eigenvalue weighted by atomic mass is 10.1. The Morgan fingerprint density at radius 3 is 2.42 bits per heavy atom. The number of benzene rings is 2. The number of nitrogens with one attached hydrogen (secondary N) is 1. The first-order valence-electron chi connectivity index (χ1n) is 11.2. The maximum absolute atomic E-state index is 13.0. The molecule has 0 aliphatic carbocycles. The van der Waals surface area contributed by atoms with Crippen molar-refractivity contribution in [2.45, 2.75) is 45.6 Å². The van der Waals surface area contributed by atoms with Gasteiger partial charge in [-0.2, -0.15) is 0 Å². The zero-order valence-electron chi connectivity index (χ0n) is 18.1. The first kappa shape index (κ1) is 21.1. The Balaban J connectivity index is 1.46. The van der Waals surface area contributed by atoms with Crippen LogP contribution in [0.2, 0.25) is 0 Å². The number of carbonyl (C=O) groups excluding carboxylic acids is 2. The molecule has 0 radical (unpaired) electrons. The first-order valence-corrected chi connectivity index (χ1v) is 11.2. The fraction of sp³-hybridized carbons (Fsp3) is 0.400. The van der Waals surface area contributed by atoms with Crippen LogP contribution in [0.3, 0.4) is 0 Å². The van der Waals surface area contributed by atoms with Gasteiger partial charge in [-0.25, -0.2) is 4.98 Å². The van der Waals surface area contributed by atoms with E-state index in [4.69, 9.17) is 4.98 Å². The van der Waals surface area contributed by atoms with Crippen molar-refractivity contribution in [3.63, 3.8) is 0 Å². The number of imidazole rings is 1. The van der Waals surface area contributed by atoms with Crippen LogP contribution in [0.4, 0.5) is 0 Å². The van der Waals surface area contributed by atoms with Gasteiger partial charge in [-0.15, -0.1) is 0 Å². The fourth-order valence-corrected chi connectivity index (χ4v) is 4.14. The molecule has 0 bridgehead atoms. The number of likely N-dealkylation sites (tertiary alicyclic amines) is 1. The van der Waals surface area contributed by atoms with Crippen LogP contribution >= 0.6 is 0 Å². The van der Waals surface area contributed by atoms with Crippen LogP contribution < -0.4 is 5.32 Å². The van der Waals surface area contributed by atoms with Gasteiger partial charge in [0.1, 0.15) is 12.4 Å². The van der Waals surface area contributed by atoms with E-state index in [2.05, 4.69) is 5.32 Å². The Bertz CT molecular complexity index is 1050. The number of aromatic nitrogens is 2. The van der Waals surface area contributed by atoms with Crippen molar-refractivity contribution >= 4 is 22.8 Å². The fourth-order valence-electron chi connectivity index (χ4n) is 4.14. The molecule has 6 heteroatoms. The van der Waals surface area contributed by atoms with Crippen LogP contribution in [0.1, 0.15) is 47.4 Å². The predicted octanol–water partition coefficient (Wildman–Crippen LogP) is 3.72. The summed E-state index contributed by atoms with van der Waals surface area (Å²) in [6, 6.07) is 15.4. The molecule has 3 aromatic rings. The molecule has 2 aromatic carbocycles. The molecule has 2 heterocycles. The standard InChI is InChI=1S/C25H30N4O2/c1-19-10-12-20(13-11-19)25(31)26-15-14-23-27-21-8-4-5-9-22(21)29(23)18-24(30)28-16-6-2-3-7-17-28/h4-5,8-13H,2-3,6-7,14-18H2,1H3,(H,26,31). The zero-order valence-corrected chi connectivity index (χ0v) is 18.1. The normalized spacial score (nSPS) is 14.4. The van der Waals surface area contributed by atoms with Crippen LogP contribution in [0.25, 0.3) is 11.0 Å². The summed E-state index contributed by atoms with van der Waals surface area (Å²) >= 11 is 0. The lowest BCUT2D eigenvalue weighted by Crippen LogP contribution is -2.35. The number of nitrogens with zero attached hydrogens (tertiary/aromatic N) is 3. The molecule has 1 fully saturated rings. The summed E-state index contributed by atoms with van der Waals surface area (Å²) in [5, 5.41) is 2.98. The van der Waals surface area contributed by atoms with E-state index in [0.29, 0.717) is 25.1 Å². The monoisotopic (exact) mass is 418 g/mol. The van der Waals surface area contributed by atoms with Crippen LogP contribution in [0.5, 0.6) is 0 Å². The highest BCUT2D eigenvalue weighted by molar-refractivity contribution is 5.94. The molecule has 0 saturated carbocycles. The van der Waals surface area contributed by atoms with Gasteiger partial charge < -0.3 is 14.8 Å². The Labute approximate surface area is 183 Å². The third-order valence-corrected chi connectivity index (χ3v) is 5.93. The van der Waals surface area contributed by atoms with Gasteiger partial charge in [0, 0.05) is 31.6 Å². The van der Waals surface area contributed by atoms with E-state index in [-0.39, 0.29) is 11.8 Å². The Morgan fingerprint density at radius 2 is 1.68 bits per heavy atom. The largest absolute Gasteiger partial charge is 0.352 e. The maximum Gasteiger partial charge on any atom is 0.251 e. The van der Waals surface area contributed by atoms with Gasteiger partial charge in [0.25, 0.3) is 5.91 Å². The van der Waals surface area contributed by atoms with Crippen molar-refractivity contribution in [3.05, 3.63) is 65.5 Å². The van der Waals surface area contributed by atoms with E-state index in [1.807, 2.05) is 64.9 Å².